The van der Waals surface area contributed by atoms with E-state index in [2.05, 4.69) is 61.7 Å². The molecule has 0 radical (unpaired) electrons. The first-order valence-corrected chi connectivity index (χ1v) is 7.14. The van der Waals surface area contributed by atoms with E-state index in [-0.39, 0.29) is 0 Å². The molecule has 0 aliphatic carbocycles. The van der Waals surface area contributed by atoms with Crippen LogP contribution in [0.15, 0.2) is 12.4 Å². The number of hydrogen-bond acceptors (Lipinski definition) is 4. The van der Waals surface area contributed by atoms with Gasteiger partial charge in [0, 0.05) is 18.9 Å². The number of anilines is 1. The van der Waals surface area contributed by atoms with Crippen LogP contribution >= 0.6 is 22.6 Å². The van der Waals surface area contributed by atoms with Crippen molar-refractivity contribution in [2.45, 2.75) is 26.7 Å². The van der Waals surface area contributed by atoms with Gasteiger partial charge in [0.15, 0.2) is 11.6 Å². The summed E-state index contributed by atoms with van der Waals surface area (Å²) in [5.41, 5.74) is 1.05. The molecule has 5 nitrogen and oxygen atoms in total. The zero-order chi connectivity index (χ0) is 13.0. The third-order valence-corrected chi connectivity index (χ3v) is 3.64. The fourth-order valence-corrected chi connectivity index (χ4v) is 2.40. The lowest BCUT2D eigenvalue weighted by Gasteiger charge is -2.10. The molecule has 2 rings (SSSR count). The van der Waals surface area contributed by atoms with Crippen LogP contribution < -0.4 is 5.32 Å². The van der Waals surface area contributed by atoms with Crippen molar-refractivity contribution < 1.29 is 0 Å². The minimum Gasteiger partial charge on any atom is -0.369 e. The predicted octanol–water partition coefficient (Wildman–Crippen LogP) is 2.86. The van der Waals surface area contributed by atoms with Gasteiger partial charge < -0.3 is 10.3 Å². The van der Waals surface area contributed by atoms with Gasteiger partial charge in [-0.1, -0.05) is 13.8 Å². The Balaban J connectivity index is 2.42. The van der Waals surface area contributed by atoms with Crippen molar-refractivity contribution in [1.29, 1.82) is 0 Å². The van der Waals surface area contributed by atoms with Crippen LogP contribution in [0.25, 0.3) is 11.6 Å². The number of rotatable bonds is 5. The van der Waals surface area contributed by atoms with Crippen molar-refractivity contribution in [1.82, 2.24) is 19.9 Å². The standard InChI is InChI=1S/C12H16IN5/c1-3-5-14-10-9(13)8(4-2)17-12(18-10)11-15-6-7-16-11/h6-7H,3-5H2,1-2H3,(H,15,16)(H,14,17,18). The molecule has 0 bridgehead atoms. The predicted molar refractivity (Wildman–Crippen MR) is 80.5 cm³/mol. The third kappa shape index (κ3) is 2.80. The number of aromatic amines is 1. The van der Waals surface area contributed by atoms with E-state index in [0.717, 1.165) is 34.5 Å². The molecule has 0 spiro atoms. The molecule has 0 saturated carbocycles. The summed E-state index contributed by atoms with van der Waals surface area (Å²) in [6, 6.07) is 0. The molecule has 0 saturated heterocycles. The van der Waals surface area contributed by atoms with Crippen LogP contribution in [0.1, 0.15) is 26.0 Å². The van der Waals surface area contributed by atoms with Crippen molar-refractivity contribution >= 4 is 28.4 Å². The molecule has 0 aliphatic rings. The van der Waals surface area contributed by atoms with E-state index >= 15 is 0 Å². The van der Waals surface area contributed by atoms with Gasteiger partial charge in [-0.05, 0) is 35.4 Å². The highest BCUT2D eigenvalue weighted by molar-refractivity contribution is 14.1. The fraction of sp³-hybridized carbons (Fsp3) is 0.417. The highest BCUT2D eigenvalue weighted by Gasteiger charge is 2.13. The lowest BCUT2D eigenvalue weighted by atomic mass is 10.3. The largest absolute Gasteiger partial charge is 0.369 e. The fourth-order valence-electron chi connectivity index (χ4n) is 1.58. The van der Waals surface area contributed by atoms with Gasteiger partial charge in [-0.25, -0.2) is 15.0 Å². The van der Waals surface area contributed by atoms with Gasteiger partial charge in [-0.2, -0.15) is 0 Å². The lowest BCUT2D eigenvalue weighted by molar-refractivity contribution is 0.938. The molecule has 2 aromatic heterocycles. The molecule has 2 N–H and O–H groups in total. The van der Waals surface area contributed by atoms with Crippen LogP contribution in [0.5, 0.6) is 0 Å². The second-order valence-electron chi connectivity index (χ2n) is 3.87. The zero-order valence-corrected chi connectivity index (χ0v) is 12.7. The van der Waals surface area contributed by atoms with Crippen LogP contribution in [0.3, 0.4) is 0 Å². The van der Waals surface area contributed by atoms with E-state index in [1.807, 2.05) is 0 Å². The molecule has 0 fully saturated rings. The molecule has 0 atom stereocenters. The highest BCUT2D eigenvalue weighted by Crippen LogP contribution is 2.22. The van der Waals surface area contributed by atoms with Crippen molar-refractivity contribution in [2.24, 2.45) is 0 Å². The van der Waals surface area contributed by atoms with Crippen LogP contribution in [0.4, 0.5) is 5.82 Å². The highest BCUT2D eigenvalue weighted by atomic mass is 127. The first-order valence-electron chi connectivity index (χ1n) is 6.06. The van der Waals surface area contributed by atoms with E-state index in [1.54, 1.807) is 12.4 Å². The summed E-state index contributed by atoms with van der Waals surface area (Å²) in [6.07, 6.45) is 5.44. The summed E-state index contributed by atoms with van der Waals surface area (Å²) in [7, 11) is 0. The third-order valence-electron chi connectivity index (χ3n) is 2.51. The molecule has 96 valence electrons. The zero-order valence-electron chi connectivity index (χ0n) is 10.5. The Morgan fingerprint density at radius 2 is 2.17 bits per heavy atom. The second kappa shape index (κ2) is 6.12. The molecule has 0 amide bonds. The van der Waals surface area contributed by atoms with E-state index in [9.17, 15) is 0 Å². The summed E-state index contributed by atoms with van der Waals surface area (Å²) in [6.45, 7) is 5.14. The molecule has 6 heteroatoms. The van der Waals surface area contributed by atoms with Crippen molar-refractivity contribution in [3.63, 3.8) is 0 Å². The van der Waals surface area contributed by atoms with E-state index in [4.69, 9.17) is 0 Å². The van der Waals surface area contributed by atoms with Crippen LogP contribution in [-0.4, -0.2) is 26.5 Å². The lowest BCUT2D eigenvalue weighted by Crippen LogP contribution is -2.09. The average molecular weight is 357 g/mol. The van der Waals surface area contributed by atoms with Gasteiger partial charge >= 0.3 is 0 Å². The van der Waals surface area contributed by atoms with Crippen LogP contribution in [0.2, 0.25) is 0 Å². The Labute approximate surface area is 120 Å². The SMILES string of the molecule is CCCNc1nc(-c2ncc[nH]2)nc(CC)c1I. The molecular formula is C12H16IN5. The maximum Gasteiger partial charge on any atom is 0.197 e. The van der Waals surface area contributed by atoms with E-state index in [1.165, 1.54) is 0 Å². The number of H-pyrrole nitrogens is 1. The Bertz CT molecular complexity index is 509. The number of hydrogen-bond donors (Lipinski definition) is 2. The molecule has 2 aromatic rings. The number of aryl methyl sites for hydroxylation is 1. The molecule has 0 aliphatic heterocycles. The number of nitrogens with zero attached hydrogens (tertiary/aromatic N) is 3. The van der Waals surface area contributed by atoms with E-state index in [0.29, 0.717) is 11.6 Å². The maximum atomic E-state index is 4.55. The number of nitrogens with one attached hydrogen (secondary N) is 2. The van der Waals surface area contributed by atoms with Crippen molar-refractivity contribution in [2.75, 3.05) is 11.9 Å². The van der Waals surface area contributed by atoms with Crippen LogP contribution in [-0.2, 0) is 6.42 Å². The van der Waals surface area contributed by atoms with Gasteiger partial charge in [-0.15, -0.1) is 0 Å². The maximum absolute atomic E-state index is 4.55. The smallest absolute Gasteiger partial charge is 0.197 e. The summed E-state index contributed by atoms with van der Waals surface area (Å²) in [5, 5.41) is 3.34. The molecule has 0 unspecified atom stereocenters. The molecular weight excluding hydrogens is 341 g/mol. The van der Waals surface area contributed by atoms with Crippen molar-refractivity contribution in [3.05, 3.63) is 21.7 Å². The quantitative estimate of drug-likeness (QED) is 0.808. The Morgan fingerprint density at radius 3 is 2.78 bits per heavy atom. The summed E-state index contributed by atoms with van der Waals surface area (Å²) < 4.78 is 1.10. The topological polar surface area (TPSA) is 66.5 Å². The molecule has 2 heterocycles. The van der Waals surface area contributed by atoms with E-state index < -0.39 is 0 Å². The molecule has 18 heavy (non-hydrogen) atoms. The van der Waals surface area contributed by atoms with Gasteiger partial charge in [-0.3, -0.25) is 0 Å². The van der Waals surface area contributed by atoms with Crippen molar-refractivity contribution in [3.8, 4) is 11.6 Å². The average Bonchev–Trinajstić information content (AvgIpc) is 2.91. The Kier molecular flexibility index (Phi) is 4.51. The number of imidazole rings is 1. The normalized spacial score (nSPS) is 10.6. The first-order chi connectivity index (χ1) is 8.76. The number of aromatic nitrogens is 4. The first kappa shape index (κ1) is 13.3. The van der Waals surface area contributed by atoms with Gasteiger partial charge in [0.1, 0.15) is 5.82 Å². The Hall–Kier alpha value is -1.18. The van der Waals surface area contributed by atoms with Gasteiger partial charge in [0.2, 0.25) is 0 Å². The van der Waals surface area contributed by atoms with Crippen LogP contribution in [0, 0.1) is 3.57 Å². The van der Waals surface area contributed by atoms with Gasteiger partial charge in [0.25, 0.3) is 0 Å². The van der Waals surface area contributed by atoms with Gasteiger partial charge in [0.05, 0.1) is 9.26 Å². The minimum absolute atomic E-state index is 0.649. The number of halogens is 1. The summed E-state index contributed by atoms with van der Waals surface area (Å²) in [5.74, 6) is 2.26. The summed E-state index contributed by atoms with van der Waals surface area (Å²) >= 11 is 2.30. The summed E-state index contributed by atoms with van der Waals surface area (Å²) in [4.78, 5) is 16.3. The molecule has 0 aromatic carbocycles. The second-order valence-corrected chi connectivity index (χ2v) is 4.95. The minimum atomic E-state index is 0.649. The monoisotopic (exact) mass is 357 g/mol. The Morgan fingerprint density at radius 1 is 1.33 bits per heavy atom.